The maximum atomic E-state index is 15.9. The van der Waals surface area contributed by atoms with Gasteiger partial charge in [0.1, 0.15) is 17.7 Å². The van der Waals surface area contributed by atoms with Crippen LogP contribution in [0.15, 0.2) is 47.5 Å². The number of hydrogen-bond acceptors (Lipinski definition) is 8. The van der Waals surface area contributed by atoms with E-state index in [4.69, 9.17) is 0 Å². The van der Waals surface area contributed by atoms with Crippen LogP contribution in [-0.4, -0.2) is 71.1 Å². The highest BCUT2D eigenvalue weighted by Crippen LogP contribution is 2.37. The number of anilines is 3. The molecule has 0 radical (unpaired) electrons. The number of alkyl halides is 3. The summed E-state index contributed by atoms with van der Waals surface area (Å²) >= 11 is 0. The number of aromatic nitrogens is 3. The molecule has 2 aromatic heterocycles. The third-order valence-corrected chi connectivity index (χ3v) is 8.07. The summed E-state index contributed by atoms with van der Waals surface area (Å²) in [4.78, 5) is 41.2. The van der Waals surface area contributed by atoms with Crippen LogP contribution in [0.3, 0.4) is 0 Å². The number of carbonyl (C=O) groups is 1. The number of pyridine rings is 1. The molecule has 44 heavy (non-hydrogen) atoms. The van der Waals surface area contributed by atoms with Gasteiger partial charge in [0.2, 0.25) is 11.4 Å². The number of nitrogens with one attached hydrogen (secondary N) is 2. The van der Waals surface area contributed by atoms with Gasteiger partial charge in [-0.2, -0.15) is 18.4 Å². The number of nitrogens with zero attached hydrogens (tertiary/aromatic N) is 6. The van der Waals surface area contributed by atoms with Gasteiger partial charge in [-0.15, -0.1) is 0 Å². The molecule has 1 fully saturated rings. The lowest BCUT2D eigenvalue weighted by atomic mass is 9.98. The Hall–Kier alpha value is -4.77. The molecular formula is C30H30F4N8O2. The van der Waals surface area contributed by atoms with Crippen molar-refractivity contribution in [2.24, 2.45) is 0 Å². The van der Waals surface area contributed by atoms with Gasteiger partial charge >= 0.3 is 6.18 Å². The van der Waals surface area contributed by atoms with Crippen LogP contribution >= 0.6 is 0 Å². The van der Waals surface area contributed by atoms with Gasteiger partial charge in [-0.3, -0.25) is 14.5 Å². The zero-order valence-electron chi connectivity index (χ0n) is 24.2. The summed E-state index contributed by atoms with van der Waals surface area (Å²) in [6.45, 7) is 5.77. The highest BCUT2D eigenvalue weighted by Gasteiger charge is 2.36. The maximum absolute atomic E-state index is 15.9. The first-order valence-electron chi connectivity index (χ1n) is 13.9. The van der Waals surface area contributed by atoms with Crippen molar-refractivity contribution in [3.8, 4) is 6.07 Å². The van der Waals surface area contributed by atoms with Crippen LogP contribution < -0.4 is 20.7 Å². The molecule has 0 bridgehead atoms. The van der Waals surface area contributed by atoms with Gasteiger partial charge in [-0.25, -0.2) is 14.4 Å². The van der Waals surface area contributed by atoms with Crippen LogP contribution in [0.25, 0.3) is 5.57 Å². The van der Waals surface area contributed by atoms with E-state index in [0.29, 0.717) is 49.2 Å². The van der Waals surface area contributed by atoms with E-state index >= 15 is 4.39 Å². The second-order valence-electron chi connectivity index (χ2n) is 11.0. The molecule has 3 aromatic rings. The van der Waals surface area contributed by atoms with Crippen molar-refractivity contribution in [2.45, 2.75) is 38.5 Å². The quantitative estimate of drug-likeness (QED) is 0.411. The summed E-state index contributed by atoms with van der Waals surface area (Å²) in [7, 11) is 1.98. The first-order valence-corrected chi connectivity index (χ1v) is 13.9. The Bertz CT molecular complexity index is 1700. The molecule has 1 amide bonds. The number of hydrogen-bond donors (Lipinski definition) is 2. The molecule has 10 nitrogen and oxygen atoms in total. The Morgan fingerprint density at radius 2 is 1.89 bits per heavy atom. The van der Waals surface area contributed by atoms with E-state index in [1.807, 2.05) is 42.8 Å². The van der Waals surface area contributed by atoms with Crippen LogP contribution in [-0.2, 0) is 6.18 Å². The molecule has 0 unspecified atom stereocenters. The SMILES string of the molecule is C[C@@H]1CN(c2cc(F)c(C3=CCCN(c4ccnc(C#N)n4)C3)cc2NC(=O)c2c[nH]c(=O)cc2C(F)(F)F)C[C@H](C)N1C. The summed E-state index contributed by atoms with van der Waals surface area (Å²) in [6.07, 6.45) is -0.377. The van der Waals surface area contributed by atoms with E-state index < -0.39 is 34.6 Å². The molecule has 4 heterocycles. The van der Waals surface area contributed by atoms with Crippen molar-refractivity contribution in [2.75, 3.05) is 48.3 Å². The second kappa shape index (κ2) is 12.1. The van der Waals surface area contributed by atoms with Crippen molar-refractivity contribution in [3.63, 3.8) is 0 Å². The molecule has 2 N–H and O–H groups in total. The van der Waals surface area contributed by atoms with Gasteiger partial charge in [-0.1, -0.05) is 6.08 Å². The minimum Gasteiger partial charge on any atom is -0.367 e. The third-order valence-electron chi connectivity index (χ3n) is 8.07. The fourth-order valence-electron chi connectivity index (χ4n) is 5.57. The minimum absolute atomic E-state index is 0.00440. The number of benzene rings is 1. The zero-order chi connectivity index (χ0) is 31.8. The van der Waals surface area contributed by atoms with Gasteiger partial charge in [-0.05, 0) is 51.1 Å². The first-order chi connectivity index (χ1) is 20.8. The minimum atomic E-state index is -4.96. The standard InChI is InChI=1S/C30H30F4N8O2/c1-17-14-42(15-18(2)40(17)3)25-11-23(31)20(19-5-4-8-41(16-19)27-6-7-36-26(12-35)39-27)9-24(25)38-29(44)21-13-37-28(43)10-22(21)30(32,33)34/h5-7,9-11,13,17-18H,4,8,14-16H2,1-3H3,(H,37,43)(H,38,44)/t17-,18+. The average molecular weight is 611 g/mol. The molecule has 2 atom stereocenters. The monoisotopic (exact) mass is 610 g/mol. The lowest BCUT2D eigenvalue weighted by Crippen LogP contribution is -2.55. The lowest BCUT2D eigenvalue weighted by Gasteiger charge is -2.44. The van der Waals surface area contributed by atoms with Crippen LogP contribution in [0.4, 0.5) is 34.8 Å². The number of nitriles is 1. The first kappa shape index (κ1) is 30.7. The summed E-state index contributed by atoms with van der Waals surface area (Å²) in [5, 5.41) is 11.8. The predicted molar refractivity (Wildman–Crippen MR) is 157 cm³/mol. The molecule has 2 aliphatic heterocycles. The van der Waals surface area contributed by atoms with Crippen molar-refractivity contribution < 1.29 is 22.4 Å². The Kier molecular flexibility index (Phi) is 8.42. The van der Waals surface area contributed by atoms with E-state index in [-0.39, 0.29) is 35.7 Å². The Balaban J connectivity index is 1.55. The summed E-state index contributed by atoms with van der Waals surface area (Å²) in [6, 6.07) is 6.76. The number of H-pyrrole nitrogens is 1. The molecule has 1 saturated heterocycles. The molecule has 0 saturated carbocycles. The molecule has 1 aromatic carbocycles. The Morgan fingerprint density at radius 1 is 1.16 bits per heavy atom. The lowest BCUT2D eigenvalue weighted by molar-refractivity contribution is -0.138. The van der Waals surface area contributed by atoms with E-state index in [9.17, 15) is 28.0 Å². The van der Waals surface area contributed by atoms with Gasteiger partial charge in [0.05, 0.1) is 22.5 Å². The van der Waals surface area contributed by atoms with Crippen molar-refractivity contribution >= 4 is 28.7 Å². The van der Waals surface area contributed by atoms with Crippen LogP contribution in [0.5, 0.6) is 0 Å². The van der Waals surface area contributed by atoms with Crippen molar-refractivity contribution in [1.82, 2.24) is 19.9 Å². The molecule has 0 aliphatic carbocycles. The number of carbonyl (C=O) groups excluding carboxylic acids is 1. The molecule has 5 rings (SSSR count). The van der Waals surface area contributed by atoms with Gasteiger partial charge in [0.25, 0.3) is 5.91 Å². The fourth-order valence-corrected chi connectivity index (χ4v) is 5.57. The third kappa shape index (κ3) is 6.28. The molecule has 14 heteroatoms. The number of piperazine rings is 1. The topological polar surface area (TPSA) is 121 Å². The van der Waals surface area contributed by atoms with Gasteiger partial charge < -0.3 is 20.1 Å². The van der Waals surface area contributed by atoms with Crippen LogP contribution in [0, 0.1) is 17.1 Å². The Morgan fingerprint density at radius 3 is 2.57 bits per heavy atom. The fraction of sp³-hybridized carbons (Fsp3) is 0.367. The van der Waals surface area contributed by atoms with E-state index in [2.05, 4.69) is 25.2 Å². The maximum Gasteiger partial charge on any atom is 0.417 e. The molecule has 230 valence electrons. The van der Waals surface area contributed by atoms with Crippen molar-refractivity contribution in [3.05, 3.63) is 81.4 Å². The van der Waals surface area contributed by atoms with E-state index in [1.54, 1.807) is 6.07 Å². The van der Waals surface area contributed by atoms with Crippen LogP contribution in [0.1, 0.15) is 47.6 Å². The van der Waals surface area contributed by atoms with E-state index in [0.717, 1.165) is 6.20 Å². The zero-order valence-corrected chi connectivity index (χ0v) is 24.2. The highest BCUT2D eigenvalue weighted by atomic mass is 19.4. The molecular weight excluding hydrogens is 580 g/mol. The summed E-state index contributed by atoms with van der Waals surface area (Å²) in [5.74, 6) is -1.18. The average Bonchev–Trinajstić information content (AvgIpc) is 2.99. The van der Waals surface area contributed by atoms with Crippen molar-refractivity contribution in [1.29, 1.82) is 5.26 Å². The van der Waals surface area contributed by atoms with E-state index in [1.165, 1.54) is 18.3 Å². The number of amides is 1. The molecule has 2 aliphatic rings. The second-order valence-corrected chi connectivity index (χ2v) is 11.0. The predicted octanol–water partition coefficient (Wildman–Crippen LogP) is 4.27. The number of rotatable bonds is 5. The summed E-state index contributed by atoms with van der Waals surface area (Å²) < 4.78 is 57.3. The number of aromatic amines is 1. The largest absolute Gasteiger partial charge is 0.417 e. The number of halogens is 4. The smallest absolute Gasteiger partial charge is 0.367 e. The Labute approximate surface area is 250 Å². The normalized spacial score (nSPS) is 19.4. The number of likely N-dealkylation sites (N-methyl/N-ethyl adjacent to an activating group) is 1. The van der Waals surface area contributed by atoms with Gasteiger partial charge in [0, 0.05) is 62.3 Å². The van der Waals surface area contributed by atoms with Gasteiger partial charge in [0.15, 0.2) is 0 Å². The molecule has 0 spiro atoms. The van der Waals surface area contributed by atoms with Crippen LogP contribution in [0.2, 0.25) is 0 Å². The highest BCUT2D eigenvalue weighted by molar-refractivity contribution is 6.07. The summed E-state index contributed by atoms with van der Waals surface area (Å²) in [5.41, 5.74) is -1.96.